The summed E-state index contributed by atoms with van der Waals surface area (Å²) in [6.45, 7) is 11.9. The number of carbonyl (C=O) groups is 1. The topological polar surface area (TPSA) is 137 Å². The van der Waals surface area contributed by atoms with E-state index in [1.165, 1.54) is 47.7 Å². The van der Waals surface area contributed by atoms with Gasteiger partial charge in [-0.3, -0.25) is 14.2 Å². The van der Waals surface area contributed by atoms with Gasteiger partial charge in [0.15, 0.2) is 0 Å². The van der Waals surface area contributed by atoms with E-state index in [9.17, 15) is 24.0 Å². The molecule has 11 nitrogen and oxygen atoms in total. The van der Waals surface area contributed by atoms with E-state index in [0.717, 1.165) is 21.5 Å². The van der Waals surface area contributed by atoms with Crippen LogP contribution < -0.4 is 16.6 Å². The summed E-state index contributed by atoms with van der Waals surface area (Å²) in [6, 6.07) is 6.32. The van der Waals surface area contributed by atoms with Gasteiger partial charge >= 0.3 is 5.69 Å². The van der Waals surface area contributed by atoms with Crippen molar-refractivity contribution in [3.8, 4) is 11.1 Å². The molecule has 0 aliphatic carbocycles. The molecule has 1 amide bonds. The van der Waals surface area contributed by atoms with Crippen molar-refractivity contribution in [1.29, 1.82) is 5.26 Å². The Labute approximate surface area is 252 Å². The third-order valence-corrected chi connectivity index (χ3v) is 8.55. The molecule has 3 aromatic heterocycles. The first-order chi connectivity index (χ1) is 20.3. The van der Waals surface area contributed by atoms with Gasteiger partial charge in [-0.15, -0.1) is 4.80 Å². The van der Waals surface area contributed by atoms with Gasteiger partial charge < -0.3 is 10.1 Å². The number of fused-ring (bicyclic) bond motifs is 1. The van der Waals surface area contributed by atoms with E-state index in [0.29, 0.717) is 27.4 Å². The van der Waals surface area contributed by atoms with Crippen LogP contribution >= 0.6 is 11.3 Å². The lowest BCUT2D eigenvalue weighted by atomic mass is 9.99. The van der Waals surface area contributed by atoms with Crippen molar-refractivity contribution in [3.63, 3.8) is 0 Å². The molecule has 43 heavy (non-hydrogen) atoms. The fourth-order valence-electron chi connectivity index (χ4n) is 4.93. The fraction of sp³-hybridized carbons (Fsp3) is 0.467. The van der Waals surface area contributed by atoms with E-state index in [2.05, 4.69) is 21.6 Å². The quantitative estimate of drug-likeness (QED) is 0.272. The van der Waals surface area contributed by atoms with Crippen molar-refractivity contribution in [2.75, 3.05) is 6.61 Å². The maximum atomic E-state index is 14.6. The monoisotopic (exact) mass is 609 g/mol. The van der Waals surface area contributed by atoms with Gasteiger partial charge in [0.05, 0.1) is 42.9 Å². The predicted molar refractivity (Wildman–Crippen MR) is 162 cm³/mol. The van der Waals surface area contributed by atoms with Gasteiger partial charge in [0.25, 0.3) is 5.56 Å². The lowest BCUT2D eigenvalue weighted by Gasteiger charge is -2.29. The summed E-state index contributed by atoms with van der Waals surface area (Å²) in [6.07, 6.45) is 2.73. The highest BCUT2D eigenvalue weighted by molar-refractivity contribution is 7.21. The van der Waals surface area contributed by atoms with Crippen LogP contribution in [0, 0.1) is 30.0 Å². The summed E-state index contributed by atoms with van der Waals surface area (Å²) >= 11 is 1.16. The van der Waals surface area contributed by atoms with Crippen molar-refractivity contribution in [2.24, 2.45) is 5.92 Å². The predicted octanol–water partition coefficient (Wildman–Crippen LogP) is 3.99. The first-order valence-electron chi connectivity index (χ1n) is 14.1. The van der Waals surface area contributed by atoms with Gasteiger partial charge in [-0.05, 0) is 71.2 Å². The fourth-order valence-corrected chi connectivity index (χ4v) is 6.15. The van der Waals surface area contributed by atoms with Gasteiger partial charge in [0.2, 0.25) is 5.91 Å². The molecule has 0 saturated heterocycles. The molecule has 4 aromatic rings. The SMILES string of the molecule is CCc1ccc(F)cc1[C@@H](Cn1c(=O)n(C(C)(C)C(=O)NC(C)C)c(=O)c2c(C)c(-n3nccn3)sc21)OC[C@H](C)C#N. The minimum absolute atomic E-state index is 0.0343. The first kappa shape index (κ1) is 31.8. The van der Waals surface area contributed by atoms with Crippen molar-refractivity contribution >= 4 is 27.5 Å². The van der Waals surface area contributed by atoms with Gasteiger partial charge in [-0.25, -0.2) is 13.8 Å². The number of carbonyl (C=O) groups excluding carboxylic acids is 1. The lowest BCUT2D eigenvalue weighted by Crippen LogP contribution is -2.56. The molecule has 1 aromatic carbocycles. The Hall–Kier alpha value is -4.15. The van der Waals surface area contributed by atoms with Crippen molar-refractivity contribution in [2.45, 2.75) is 79.1 Å². The number of nitriles is 1. The minimum Gasteiger partial charge on any atom is -0.370 e. The van der Waals surface area contributed by atoms with Crippen molar-refractivity contribution in [3.05, 3.63) is 73.9 Å². The normalized spacial score (nSPS) is 13.3. The summed E-state index contributed by atoms with van der Waals surface area (Å²) < 4.78 is 23.2. The second-order valence-corrected chi connectivity index (χ2v) is 12.3. The van der Waals surface area contributed by atoms with E-state index in [1.807, 2.05) is 6.92 Å². The highest BCUT2D eigenvalue weighted by Crippen LogP contribution is 2.33. The molecular weight excluding hydrogens is 573 g/mol. The third-order valence-electron chi connectivity index (χ3n) is 7.27. The number of benzene rings is 1. The average molecular weight is 610 g/mol. The molecule has 3 heterocycles. The molecule has 228 valence electrons. The molecule has 0 unspecified atom stereocenters. The van der Waals surface area contributed by atoms with Crippen LogP contribution in [-0.4, -0.2) is 42.7 Å². The summed E-state index contributed by atoms with van der Waals surface area (Å²) in [7, 11) is 0. The van der Waals surface area contributed by atoms with Crippen LogP contribution in [-0.2, 0) is 28.0 Å². The molecule has 0 aliphatic heterocycles. The van der Waals surface area contributed by atoms with E-state index in [4.69, 9.17) is 4.74 Å². The zero-order valence-corrected chi connectivity index (χ0v) is 26.2. The Morgan fingerprint density at radius 1 is 1.21 bits per heavy atom. The summed E-state index contributed by atoms with van der Waals surface area (Å²) in [4.78, 5) is 43.5. The Balaban J connectivity index is 2.03. The molecule has 13 heteroatoms. The molecule has 0 aliphatic rings. The third kappa shape index (κ3) is 6.16. The Morgan fingerprint density at radius 3 is 2.49 bits per heavy atom. The van der Waals surface area contributed by atoms with Crippen LogP contribution in [0.1, 0.15) is 64.3 Å². The van der Waals surface area contributed by atoms with Crippen LogP contribution in [0.5, 0.6) is 0 Å². The molecule has 0 spiro atoms. The molecule has 0 fully saturated rings. The number of hydrogen-bond acceptors (Lipinski definition) is 8. The molecule has 2 atom stereocenters. The number of nitrogens with zero attached hydrogens (tertiary/aromatic N) is 6. The number of halogens is 1. The Kier molecular flexibility index (Phi) is 9.32. The highest BCUT2D eigenvalue weighted by atomic mass is 32.1. The number of aromatic nitrogens is 5. The molecule has 0 saturated carbocycles. The number of amides is 1. The highest BCUT2D eigenvalue weighted by Gasteiger charge is 2.36. The smallest absolute Gasteiger partial charge is 0.333 e. The lowest BCUT2D eigenvalue weighted by molar-refractivity contribution is -0.129. The number of aryl methyl sites for hydroxylation is 2. The largest absolute Gasteiger partial charge is 0.370 e. The van der Waals surface area contributed by atoms with Crippen LogP contribution in [0.25, 0.3) is 15.2 Å². The molecule has 0 radical (unpaired) electrons. The number of hydrogen-bond donors (Lipinski definition) is 1. The number of rotatable bonds is 11. The van der Waals surface area contributed by atoms with E-state index in [1.54, 1.807) is 33.8 Å². The molecule has 1 N–H and O–H groups in total. The number of nitrogens with one attached hydrogen (secondary N) is 1. The van der Waals surface area contributed by atoms with Crippen LogP contribution in [0.4, 0.5) is 4.39 Å². The van der Waals surface area contributed by atoms with E-state index >= 15 is 0 Å². The maximum absolute atomic E-state index is 14.6. The minimum atomic E-state index is -1.56. The van der Waals surface area contributed by atoms with Crippen molar-refractivity contribution in [1.82, 2.24) is 29.4 Å². The standard InChI is InChI=1S/C30H36FN7O4S/c1-8-20-9-10-21(31)13-22(20)23(42-16-18(4)14-32)15-36-27-24(19(5)26(43-27)38-33-11-12-34-38)25(39)37(29(36)41)30(6,7)28(40)35-17(2)3/h9-13,17-18,23H,8,15-16H2,1-7H3,(H,35,40)/t18-,23-/m1/s1. The first-order valence-corrected chi connectivity index (χ1v) is 14.9. The van der Waals surface area contributed by atoms with E-state index in [-0.39, 0.29) is 24.6 Å². The average Bonchev–Trinajstić information content (AvgIpc) is 3.60. The van der Waals surface area contributed by atoms with Crippen LogP contribution in [0.2, 0.25) is 0 Å². The van der Waals surface area contributed by atoms with Crippen LogP contribution in [0.3, 0.4) is 0 Å². The summed E-state index contributed by atoms with van der Waals surface area (Å²) in [5.74, 6) is -1.43. The zero-order valence-electron chi connectivity index (χ0n) is 25.3. The molecule has 4 rings (SSSR count). The maximum Gasteiger partial charge on any atom is 0.333 e. The second-order valence-electron chi connectivity index (χ2n) is 11.3. The van der Waals surface area contributed by atoms with Gasteiger partial charge in [-0.2, -0.15) is 15.5 Å². The number of ether oxygens (including phenoxy) is 1. The van der Waals surface area contributed by atoms with Crippen LogP contribution in [0.15, 0.2) is 40.2 Å². The van der Waals surface area contributed by atoms with Gasteiger partial charge in [-0.1, -0.05) is 24.3 Å². The summed E-state index contributed by atoms with van der Waals surface area (Å²) in [5.41, 5.74) is -1.02. The zero-order chi connectivity index (χ0) is 31.6. The van der Waals surface area contributed by atoms with Gasteiger partial charge in [0, 0.05) is 11.6 Å². The summed E-state index contributed by atoms with van der Waals surface area (Å²) in [5, 5.41) is 21.4. The Morgan fingerprint density at radius 2 is 1.88 bits per heavy atom. The van der Waals surface area contributed by atoms with Crippen molar-refractivity contribution < 1.29 is 13.9 Å². The Bertz CT molecular complexity index is 1800. The van der Waals surface area contributed by atoms with Gasteiger partial charge in [0.1, 0.15) is 27.3 Å². The second kappa shape index (κ2) is 12.6. The molecule has 0 bridgehead atoms. The molecular formula is C30H36FN7O4S. The van der Waals surface area contributed by atoms with E-state index < -0.39 is 40.5 Å². The number of thiophene rings is 1.